The Morgan fingerprint density at radius 1 is 1.19 bits per heavy atom. The maximum Gasteiger partial charge on any atom is 0.471 e. The van der Waals surface area contributed by atoms with Gasteiger partial charge in [0, 0.05) is 18.7 Å². The number of anilines is 1. The van der Waals surface area contributed by atoms with Gasteiger partial charge in [-0.05, 0) is 17.5 Å². The fraction of sp³-hybridized carbons (Fsp3) is 0.429. The third-order valence-electron chi connectivity index (χ3n) is 2.58. The van der Waals surface area contributed by atoms with E-state index in [1.165, 1.54) is 0 Å². The summed E-state index contributed by atoms with van der Waals surface area (Å²) in [5, 5.41) is 4.41. The summed E-state index contributed by atoms with van der Waals surface area (Å²) in [6.07, 6.45) is -4.61. The lowest BCUT2D eigenvalue weighted by Crippen LogP contribution is -2.36. The number of para-hydroxylation sites is 1. The zero-order chi connectivity index (χ0) is 16.0. The van der Waals surface area contributed by atoms with Crippen LogP contribution in [0, 0.1) is 5.92 Å². The zero-order valence-corrected chi connectivity index (χ0v) is 11.8. The average molecular weight is 302 g/mol. The molecule has 0 bridgehead atoms. The maximum absolute atomic E-state index is 12.1. The van der Waals surface area contributed by atoms with Crippen molar-refractivity contribution in [3.63, 3.8) is 0 Å². The van der Waals surface area contributed by atoms with Gasteiger partial charge in [0.15, 0.2) is 0 Å². The molecule has 1 aromatic rings. The number of carbonyl (C=O) groups is 2. The molecular formula is C14H17F3N2O2. The van der Waals surface area contributed by atoms with Crippen molar-refractivity contribution in [3.05, 3.63) is 29.8 Å². The van der Waals surface area contributed by atoms with Crippen LogP contribution in [0.4, 0.5) is 18.9 Å². The molecule has 0 saturated carbocycles. The van der Waals surface area contributed by atoms with E-state index in [0.717, 1.165) is 0 Å². The van der Waals surface area contributed by atoms with Crippen LogP contribution in [0.3, 0.4) is 0 Å². The van der Waals surface area contributed by atoms with Gasteiger partial charge in [-0.1, -0.05) is 32.0 Å². The highest BCUT2D eigenvalue weighted by Crippen LogP contribution is 2.18. The minimum Gasteiger partial charge on any atom is -0.344 e. The van der Waals surface area contributed by atoms with Crippen molar-refractivity contribution < 1.29 is 22.8 Å². The van der Waals surface area contributed by atoms with Gasteiger partial charge in [-0.15, -0.1) is 0 Å². The Morgan fingerprint density at radius 2 is 1.81 bits per heavy atom. The third-order valence-corrected chi connectivity index (χ3v) is 2.58. The number of hydrogen-bond acceptors (Lipinski definition) is 2. The van der Waals surface area contributed by atoms with Crippen LogP contribution in [-0.4, -0.2) is 18.0 Å². The summed E-state index contributed by atoms with van der Waals surface area (Å²) in [6, 6.07) is 6.39. The maximum atomic E-state index is 12.1. The summed E-state index contributed by atoms with van der Waals surface area (Å²) >= 11 is 0. The fourth-order valence-corrected chi connectivity index (χ4v) is 1.64. The monoisotopic (exact) mass is 302 g/mol. The first-order chi connectivity index (χ1) is 9.70. The van der Waals surface area contributed by atoms with E-state index in [9.17, 15) is 22.8 Å². The van der Waals surface area contributed by atoms with Gasteiger partial charge in [0.2, 0.25) is 5.91 Å². The number of rotatable bonds is 5. The minimum atomic E-state index is -4.92. The first kappa shape index (κ1) is 17.0. The van der Waals surface area contributed by atoms with E-state index in [0.29, 0.717) is 17.7 Å². The molecule has 0 heterocycles. The van der Waals surface area contributed by atoms with Gasteiger partial charge < -0.3 is 10.6 Å². The van der Waals surface area contributed by atoms with Crippen LogP contribution in [0.15, 0.2) is 24.3 Å². The lowest BCUT2D eigenvalue weighted by Gasteiger charge is -2.13. The van der Waals surface area contributed by atoms with E-state index in [1.807, 2.05) is 13.8 Å². The van der Waals surface area contributed by atoms with Crippen molar-refractivity contribution in [1.82, 2.24) is 5.32 Å². The predicted molar refractivity (Wildman–Crippen MR) is 72.4 cm³/mol. The van der Waals surface area contributed by atoms with Gasteiger partial charge in [-0.3, -0.25) is 9.59 Å². The van der Waals surface area contributed by atoms with E-state index in [4.69, 9.17) is 0 Å². The molecule has 2 amide bonds. The Labute approximate surface area is 120 Å². The Hall–Kier alpha value is -2.05. The Morgan fingerprint density at radius 3 is 2.38 bits per heavy atom. The quantitative estimate of drug-likeness (QED) is 0.878. The molecule has 2 N–H and O–H groups in total. The van der Waals surface area contributed by atoms with Crippen molar-refractivity contribution in [1.29, 1.82) is 0 Å². The van der Waals surface area contributed by atoms with Crippen molar-refractivity contribution in [3.8, 4) is 0 Å². The molecule has 0 radical (unpaired) electrons. The van der Waals surface area contributed by atoms with Crippen LogP contribution < -0.4 is 10.6 Å². The number of halogens is 3. The summed E-state index contributed by atoms with van der Waals surface area (Å²) in [6.45, 7) is 3.46. The molecule has 1 rings (SSSR count). The number of benzene rings is 1. The van der Waals surface area contributed by atoms with Crippen molar-refractivity contribution in [2.24, 2.45) is 5.92 Å². The van der Waals surface area contributed by atoms with Crippen LogP contribution in [0.25, 0.3) is 0 Å². The van der Waals surface area contributed by atoms with E-state index in [-0.39, 0.29) is 18.4 Å². The van der Waals surface area contributed by atoms with Gasteiger partial charge in [-0.2, -0.15) is 13.2 Å². The van der Waals surface area contributed by atoms with Crippen LogP contribution in [0.1, 0.15) is 25.8 Å². The van der Waals surface area contributed by atoms with Gasteiger partial charge in [0.25, 0.3) is 0 Å². The standard InChI is InChI=1S/C14H17F3N2O2/c1-9(2)7-12(20)19-11-6-4-3-5-10(11)8-18-13(21)14(15,16)17/h3-6,9H,7-8H2,1-2H3,(H,18,21)(H,19,20). The molecule has 0 saturated heterocycles. The second-order valence-corrected chi connectivity index (χ2v) is 4.98. The molecular weight excluding hydrogens is 285 g/mol. The second kappa shape index (κ2) is 7.10. The fourth-order valence-electron chi connectivity index (χ4n) is 1.64. The summed E-state index contributed by atoms with van der Waals surface area (Å²) in [4.78, 5) is 22.5. The normalized spacial score (nSPS) is 11.3. The molecule has 0 aromatic heterocycles. The van der Waals surface area contributed by atoms with Crippen LogP contribution in [0.5, 0.6) is 0 Å². The average Bonchev–Trinajstić information content (AvgIpc) is 2.35. The molecule has 0 aliphatic heterocycles. The van der Waals surface area contributed by atoms with E-state index < -0.39 is 12.1 Å². The third kappa shape index (κ3) is 5.85. The van der Waals surface area contributed by atoms with Gasteiger partial charge in [0.05, 0.1) is 0 Å². The lowest BCUT2D eigenvalue weighted by atomic mass is 10.1. The molecule has 0 aliphatic carbocycles. The Kier molecular flexibility index (Phi) is 5.75. The molecule has 0 atom stereocenters. The van der Waals surface area contributed by atoms with Crippen LogP contribution in [-0.2, 0) is 16.1 Å². The first-order valence-electron chi connectivity index (χ1n) is 6.43. The number of nitrogens with one attached hydrogen (secondary N) is 2. The van der Waals surface area contributed by atoms with Gasteiger partial charge in [-0.25, -0.2) is 0 Å². The van der Waals surface area contributed by atoms with Crippen LogP contribution in [0.2, 0.25) is 0 Å². The number of alkyl halides is 3. The molecule has 7 heteroatoms. The van der Waals surface area contributed by atoms with E-state index >= 15 is 0 Å². The van der Waals surface area contributed by atoms with Gasteiger partial charge >= 0.3 is 12.1 Å². The van der Waals surface area contributed by atoms with Crippen LogP contribution >= 0.6 is 0 Å². The predicted octanol–water partition coefficient (Wildman–Crippen LogP) is 2.85. The summed E-state index contributed by atoms with van der Waals surface area (Å²) in [5.74, 6) is -2.06. The highest BCUT2D eigenvalue weighted by atomic mass is 19.4. The molecule has 4 nitrogen and oxygen atoms in total. The topological polar surface area (TPSA) is 58.2 Å². The van der Waals surface area contributed by atoms with E-state index in [1.54, 1.807) is 29.6 Å². The number of amides is 2. The largest absolute Gasteiger partial charge is 0.471 e. The molecule has 0 aliphatic rings. The molecule has 0 unspecified atom stereocenters. The summed E-state index contributed by atoms with van der Waals surface area (Å²) < 4.78 is 36.4. The van der Waals surface area contributed by atoms with Gasteiger partial charge in [0.1, 0.15) is 0 Å². The Balaban J connectivity index is 2.71. The van der Waals surface area contributed by atoms with Crippen molar-refractivity contribution in [2.45, 2.75) is 33.0 Å². The molecule has 21 heavy (non-hydrogen) atoms. The Bertz CT molecular complexity index is 513. The van der Waals surface area contributed by atoms with Crippen molar-refractivity contribution in [2.75, 3.05) is 5.32 Å². The molecule has 116 valence electrons. The van der Waals surface area contributed by atoms with E-state index in [2.05, 4.69) is 5.32 Å². The molecule has 0 spiro atoms. The highest BCUT2D eigenvalue weighted by Gasteiger charge is 2.38. The highest BCUT2D eigenvalue weighted by molar-refractivity contribution is 5.91. The zero-order valence-electron chi connectivity index (χ0n) is 11.8. The smallest absolute Gasteiger partial charge is 0.344 e. The molecule has 1 aromatic carbocycles. The summed E-state index contributed by atoms with van der Waals surface area (Å²) in [7, 11) is 0. The summed E-state index contributed by atoms with van der Waals surface area (Å²) in [5.41, 5.74) is 0.804. The second-order valence-electron chi connectivity index (χ2n) is 4.98. The first-order valence-corrected chi connectivity index (χ1v) is 6.43. The SMILES string of the molecule is CC(C)CC(=O)Nc1ccccc1CNC(=O)C(F)(F)F. The number of carbonyl (C=O) groups excluding carboxylic acids is 2. The minimum absolute atomic E-state index is 0.169. The lowest BCUT2D eigenvalue weighted by molar-refractivity contribution is -0.173. The molecule has 0 fully saturated rings. The number of hydrogen-bond donors (Lipinski definition) is 2. The van der Waals surface area contributed by atoms with Crippen molar-refractivity contribution >= 4 is 17.5 Å².